The maximum atomic E-state index is 5.67. The smallest absolute Gasteiger partial charge is 0.0674 e. The Morgan fingerprint density at radius 3 is 2.65 bits per heavy atom. The number of morpholine rings is 1. The van der Waals surface area contributed by atoms with Crippen molar-refractivity contribution >= 4 is 0 Å². The molecule has 1 rings (SSSR count). The minimum absolute atomic E-state index is 0.379. The number of hydrogen-bond donors (Lipinski definition) is 1. The first-order chi connectivity index (χ1) is 8.00. The third-order valence-corrected chi connectivity index (χ3v) is 3.56. The molecular formula is C14H30N2O. The number of ether oxygens (including phenoxy) is 1. The van der Waals surface area contributed by atoms with Gasteiger partial charge in [-0.3, -0.25) is 4.90 Å². The van der Waals surface area contributed by atoms with E-state index in [2.05, 4.69) is 44.8 Å². The molecular weight excluding hydrogens is 212 g/mol. The lowest BCUT2D eigenvalue weighted by atomic mass is 10.1. The van der Waals surface area contributed by atoms with E-state index in [4.69, 9.17) is 4.74 Å². The van der Waals surface area contributed by atoms with Crippen LogP contribution < -0.4 is 5.32 Å². The fourth-order valence-corrected chi connectivity index (χ4v) is 2.36. The average Bonchev–Trinajstić information content (AvgIpc) is 2.27. The molecule has 0 aromatic rings. The van der Waals surface area contributed by atoms with Crippen LogP contribution in [-0.2, 0) is 4.74 Å². The molecule has 0 aromatic carbocycles. The lowest BCUT2D eigenvalue weighted by Crippen LogP contribution is -2.53. The third-order valence-electron chi connectivity index (χ3n) is 3.56. The Morgan fingerprint density at radius 1 is 1.29 bits per heavy atom. The molecule has 3 nitrogen and oxygen atoms in total. The van der Waals surface area contributed by atoms with E-state index in [-0.39, 0.29) is 0 Å². The molecule has 1 saturated heterocycles. The summed E-state index contributed by atoms with van der Waals surface area (Å²) in [7, 11) is 0. The largest absolute Gasteiger partial charge is 0.376 e. The van der Waals surface area contributed by atoms with Crippen LogP contribution in [0.25, 0.3) is 0 Å². The average molecular weight is 242 g/mol. The highest BCUT2D eigenvalue weighted by Crippen LogP contribution is 2.14. The highest BCUT2D eigenvalue weighted by molar-refractivity contribution is 4.80. The summed E-state index contributed by atoms with van der Waals surface area (Å²) in [5.41, 5.74) is 0. The Balaban J connectivity index is 2.23. The van der Waals surface area contributed by atoms with Crippen LogP contribution >= 0.6 is 0 Å². The Morgan fingerprint density at radius 2 is 2.00 bits per heavy atom. The predicted molar refractivity (Wildman–Crippen MR) is 73.4 cm³/mol. The van der Waals surface area contributed by atoms with E-state index in [1.807, 2.05) is 0 Å². The molecule has 0 amide bonds. The van der Waals surface area contributed by atoms with Crippen LogP contribution in [0.2, 0.25) is 0 Å². The summed E-state index contributed by atoms with van der Waals surface area (Å²) < 4.78 is 5.67. The molecule has 0 aromatic heterocycles. The quantitative estimate of drug-likeness (QED) is 0.722. The molecule has 1 aliphatic heterocycles. The van der Waals surface area contributed by atoms with Gasteiger partial charge in [0.1, 0.15) is 0 Å². The summed E-state index contributed by atoms with van der Waals surface area (Å²) in [5, 5.41) is 3.57. The first kappa shape index (κ1) is 14.9. The van der Waals surface area contributed by atoms with E-state index in [0.29, 0.717) is 18.2 Å². The van der Waals surface area contributed by atoms with Gasteiger partial charge in [0.15, 0.2) is 0 Å². The van der Waals surface area contributed by atoms with Gasteiger partial charge in [-0.25, -0.2) is 0 Å². The fourth-order valence-electron chi connectivity index (χ4n) is 2.36. The molecule has 1 heterocycles. The van der Waals surface area contributed by atoms with Crippen LogP contribution in [0.3, 0.4) is 0 Å². The Hall–Kier alpha value is -0.120. The van der Waals surface area contributed by atoms with E-state index in [0.717, 1.165) is 32.2 Å². The molecule has 0 radical (unpaired) electrons. The fraction of sp³-hybridized carbons (Fsp3) is 1.00. The van der Waals surface area contributed by atoms with Crippen LogP contribution in [-0.4, -0.2) is 49.3 Å². The van der Waals surface area contributed by atoms with Crippen LogP contribution in [0.4, 0.5) is 0 Å². The highest BCUT2D eigenvalue weighted by Gasteiger charge is 2.26. The van der Waals surface area contributed by atoms with Crippen molar-refractivity contribution < 1.29 is 4.74 Å². The van der Waals surface area contributed by atoms with Gasteiger partial charge >= 0.3 is 0 Å². The van der Waals surface area contributed by atoms with E-state index in [1.165, 1.54) is 6.42 Å². The van der Waals surface area contributed by atoms with Crippen LogP contribution in [0.5, 0.6) is 0 Å². The number of nitrogens with zero attached hydrogens (tertiary/aromatic N) is 1. The lowest BCUT2D eigenvalue weighted by Gasteiger charge is -2.40. The Bertz CT molecular complexity index is 208. The van der Waals surface area contributed by atoms with Crippen LogP contribution in [0.1, 0.15) is 41.0 Å². The van der Waals surface area contributed by atoms with Gasteiger partial charge in [-0.1, -0.05) is 13.8 Å². The highest BCUT2D eigenvalue weighted by atomic mass is 16.5. The van der Waals surface area contributed by atoms with Crippen molar-refractivity contribution in [2.45, 2.75) is 59.2 Å². The monoisotopic (exact) mass is 242 g/mol. The van der Waals surface area contributed by atoms with E-state index < -0.39 is 0 Å². The Labute approximate surface area is 107 Å². The molecule has 0 spiro atoms. The number of nitrogens with one attached hydrogen (secondary N) is 1. The zero-order chi connectivity index (χ0) is 12.8. The summed E-state index contributed by atoms with van der Waals surface area (Å²) in [4.78, 5) is 2.57. The van der Waals surface area contributed by atoms with Gasteiger partial charge in [0.2, 0.25) is 0 Å². The van der Waals surface area contributed by atoms with E-state index in [1.54, 1.807) is 0 Å². The van der Waals surface area contributed by atoms with Crippen molar-refractivity contribution in [3.63, 3.8) is 0 Å². The van der Waals surface area contributed by atoms with E-state index >= 15 is 0 Å². The van der Waals surface area contributed by atoms with E-state index in [9.17, 15) is 0 Å². The molecule has 3 unspecified atom stereocenters. The molecule has 1 fully saturated rings. The zero-order valence-corrected chi connectivity index (χ0v) is 12.2. The van der Waals surface area contributed by atoms with Crippen LogP contribution in [0, 0.1) is 5.92 Å². The molecule has 1 aliphatic rings. The topological polar surface area (TPSA) is 24.5 Å². The van der Waals surface area contributed by atoms with Crippen molar-refractivity contribution in [2.24, 2.45) is 5.92 Å². The molecule has 0 aliphatic carbocycles. The van der Waals surface area contributed by atoms with Gasteiger partial charge in [0.25, 0.3) is 0 Å². The first-order valence-corrected chi connectivity index (χ1v) is 7.08. The first-order valence-electron chi connectivity index (χ1n) is 7.08. The molecule has 0 saturated carbocycles. The summed E-state index contributed by atoms with van der Waals surface area (Å²) in [6.45, 7) is 15.4. The minimum atomic E-state index is 0.379. The summed E-state index contributed by atoms with van der Waals surface area (Å²) in [5.74, 6) is 0.792. The zero-order valence-electron chi connectivity index (χ0n) is 12.2. The molecule has 17 heavy (non-hydrogen) atoms. The number of hydrogen-bond acceptors (Lipinski definition) is 3. The second-order valence-corrected chi connectivity index (χ2v) is 5.93. The molecule has 102 valence electrons. The summed E-state index contributed by atoms with van der Waals surface area (Å²) >= 11 is 0. The molecule has 0 bridgehead atoms. The third kappa shape index (κ3) is 5.36. The van der Waals surface area contributed by atoms with Crippen molar-refractivity contribution in [1.29, 1.82) is 0 Å². The SMILES string of the molecule is CC(C)CCNCC(C)N1CC(C)OCC1C. The van der Waals surface area contributed by atoms with Crippen molar-refractivity contribution in [1.82, 2.24) is 10.2 Å². The maximum absolute atomic E-state index is 5.67. The summed E-state index contributed by atoms with van der Waals surface area (Å²) in [6, 6.07) is 1.15. The van der Waals surface area contributed by atoms with Gasteiger partial charge < -0.3 is 10.1 Å². The predicted octanol–water partition coefficient (Wildman–Crippen LogP) is 2.12. The van der Waals surface area contributed by atoms with Gasteiger partial charge in [0.05, 0.1) is 12.7 Å². The second kappa shape index (κ2) is 7.34. The number of rotatable bonds is 6. The standard InChI is InChI=1S/C14H30N2O/c1-11(2)6-7-15-8-12(3)16-9-14(5)17-10-13(16)4/h11-15H,6-10H2,1-5H3. The Kier molecular flexibility index (Phi) is 6.45. The minimum Gasteiger partial charge on any atom is -0.376 e. The lowest BCUT2D eigenvalue weighted by molar-refractivity contribution is -0.0629. The van der Waals surface area contributed by atoms with Crippen molar-refractivity contribution in [2.75, 3.05) is 26.2 Å². The summed E-state index contributed by atoms with van der Waals surface area (Å²) in [6.07, 6.45) is 1.64. The normalized spacial score (nSPS) is 28.6. The molecule has 3 heteroatoms. The van der Waals surface area contributed by atoms with Gasteiger partial charge in [0, 0.05) is 25.2 Å². The van der Waals surface area contributed by atoms with Crippen molar-refractivity contribution in [3.8, 4) is 0 Å². The molecule has 3 atom stereocenters. The van der Waals surface area contributed by atoms with Crippen molar-refractivity contribution in [3.05, 3.63) is 0 Å². The second-order valence-electron chi connectivity index (χ2n) is 5.93. The molecule has 1 N–H and O–H groups in total. The van der Waals surface area contributed by atoms with Gasteiger partial charge in [-0.05, 0) is 39.7 Å². The maximum Gasteiger partial charge on any atom is 0.0674 e. The van der Waals surface area contributed by atoms with Gasteiger partial charge in [-0.2, -0.15) is 0 Å². The van der Waals surface area contributed by atoms with Crippen LogP contribution in [0.15, 0.2) is 0 Å². The van der Waals surface area contributed by atoms with Gasteiger partial charge in [-0.15, -0.1) is 0 Å².